The predicted octanol–water partition coefficient (Wildman–Crippen LogP) is 1.66. The Labute approximate surface area is 109 Å². The second kappa shape index (κ2) is 6.95. The molecule has 0 aromatic heterocycles. The molecule has 1 aliphatic rings. The van der Waals surface area contributed by atoms with E-state index in [4.69, 9.17) is 15.2 Å². The summed E-state index contributed by atoms with van der Waals surface area (Å²) in [7, 11) is 0. The molecule has 1 rings (SSSR count). The standard InChI is InChI=1S/C13H26N2O3/c1-13(2,3)18-12(16)15-9-10(8-14)11-6-4-5-7-17-11/h10-11H,4-9,14H2,1-3H3,(H,15,16). The number of nitrogens with two attached hydrogens (primary N) is 1. The predicted molar refractivity (Wildman–Crippen MR) is 70.4 cm³/mol. The zero-order valence-electron chi connectivity index (χ0n) is 11.7. The van der Waals surface area contributed by atoms with Crippen LogP contribution in [0.5, 0.6) is 0 Å². The highest BCUT2D eigenvalue weighted by Crippen LogP contribution is 2.19. The molecule has 1 aliphatic heterocycles. The van der Waals surface area contributed by atoms with Gasteiger partial charge in [-0.25, -0.2) is 4.79 Å². The molecule has 0 aromatic rings. The van der Waals surface area contributed by atoms with Crippen LogP contribution in [0.15, 0.2) is 0 Å². The molecule has 2 atom stereocenters. The first kappa shape index (κ1) is 15.2. The van der Waals surface area contributed by atoms with E-state index in [9.17, 15) is 4.79 Å². The Bertz CT molecular complexity index is 257. The molecule has 1 heterocycles. The van der Waals surface area contributed by atoms with Crippen molar-refractivity contribution in [1.29, 1.82) is 0 Å². The van der Waals surface area contributed by atoms with Crippen LogP contribution in [0.4, 0.5) is 4.79 Å². The number of amides is 1. The van der Waals surface area contributed by atoms with Crippen LogP contribution in [0.25, 0.3) is 0 Å². The lowest BCUT2D eigenvalue weighted by Gasteiger charge is -2.30. The Morgan fingerprint density at radius 3 is 2.72 bits per heavy atom. The molecule has 3 N–H and O–H groups in total. The molecule has 0 saturated carbocycles. The Hall–Kier alpha value is -0.810. The van der Waals surface area contributed by atoms with Crippen LogP contribution < -0.4 is 11.1 Å². The van der Waals surface area contributed by atoms with Gasteiger partial charge in [0.05, 0.1) is 6.10 Å². The molecular formula is C13H26N2O3. The molecule has 2 unspecified atom stereocenters. The molecule has 18 heavy (non-hydrogen) atoms. The fourth-order valence-electron chi connectivity index (χ4n) is 2.03. The van der Waals surface area contributed by atoms with Crippen molar-refractivity contribution in [1.82, 2.24) is 5.32 Å². The molecular weight excluding hydrogens is 232 g/mol. The quantitative estimate of drug-likeness (QED) is 0.804. The number of carbonyl (C=O) groups excluding carboxylic acids is 1. The summed E-state index contributed by atoms with van der Waals surface area (Å²) >= 11 is 0. The van der Waals surface area contributed by atoms with Crippen molar-refractivity contribution < 1.29 is 14.3 Å². The van der Waals surface area contributed by atoms with Gasteiger partial charge in [0, 0.05) is 19.1 Å². The van der Waals surface area contributed by atoms with E-state index in [-0.39, 0.29) is 12.0 Å². The molecule has 0 spiro atoms. The number of hydrogen-bond acceptors (Lipinski definition) is 4. The van der Waals surface area contributed by atoms with Gasteiger partial charge < -0.3 is 20.5 Å². The highest BCUT2D eigenvalue weighted by molar-refractivity contribution is 5.67. The van der Waals surface area contributed by atoms with E-state index in [0.717, 1.165) is 19.4 Å². The van der Waals surface area contributed by atoms with Crippen molar-refractivity contribution >= 4 is 6.09 Å². The van der Waals surface area contributed by atoms with Crippen LogP contribution in [0, 0.1) is 5.92 Å². The monoisotopic (exact) mass is 258 g/mol. The number of alkyl carbamates (subject to hydrolysis) is 1. The zero-order chi connectivity index (χ0) is 13.6. The summed E-state index contributed by atoms with van der Waals surface area (Å²) in [5, 5.41) is 2.77. The van der Waals surface area contributed by atoms with Gasteiger partial charge in [-0.1, -0.05) is 0 Å². The van der Waals surface area contributed by atoms with E-state index in [1.165, 1.54) is 6.42 Å². The first-order valence-corrected chi connectivity index (χ1v) is 6.71. The maximum Gasteiger partial charge on any atom is 0.407 e. The van der Waals surface area contributed by atoms with E-state index in [1.54, 1.807) is 0 Å². The summed E-state index contributed by atoms with van der Waals surface area (Å²) in [5.74, 6) is 0.165. The van der Waals surface area contributed by atoms with Gasteiger partial charge in [-0.3, -0.25) is 0 Å². The minimum atomic E-state index is -0.469. The maximum atomic E-state index is 11.5. The average Bonchev–Trinajstić information content (AvgIpc) is 2.29. The molecule has 0 aromatic carbocycles. The second-order valence-corrected chi connectivity index (χ2v) is 5.78. The molecule has 5 heteroatoms. The van der Waals surface area contributed by atoms with Gasteiger partial charge in [0.2, 0.25) is 0 Å². The molecule has 1 fully saturated rings. The van der Waals surface area contributed by atoms with Crippen LogP contribution in [0.1, 0.15) is 40.0 Å². The minimum Gasteiger partial charge on any atom is -0.444 e. The lowest BCUT2D eigenvalue weighted by Crippen LogP contribution is -2.42. The third-order valence-electron chi connectivity index (χ3n) is 2.95. The fourth-order valence-corrected chi connectivity index (χ4v) is 2.03. The third-order valence-corrected chi connectivity index (χ3v) is 2.95. The minimum absolute atomic E-state index is 0.165. The maximum absolute atomic E-state index is 11.5. The van der Waals surface area contributed by atoms with Crippen molar-refractivity contribution in [2.75, 3.05) is 19.7 Å². The Morgan fingerprint density at radius 1 is 1.50 bits per heavy atom. The lowest BCUT2D eigenvalue weighted by atomic mass is 9.96. The number of rotatable bonds is 4. The van der Waals surface area contributed by atoms with Crippen molar-refractivity contribution in [2.45, 2.75) is 51.7 Å². The Balaban J connectivity index is 2.32. The Morgan fingerprint density at radius 2 is 2.22 bits per heavy atom. The van der Waals surface area contributed by atoms with Gasteiger partial charge in [-0.2, -0.15) is 0 Å². The zero-order valence-corrected chi connectivity index (χ0v) is 11.7. The topological polar surface area (TPSA) is 73.6 Å². The summed E-state index contributed by atoms with van der Waals surface area (Å²) in [6, 6.07) is 0. The van der Waals surface area contributed by atoms with Gasteiger partial charge in [0.1, 0.15) is 5.60 Å². The van der Waals surface area contributed by atoms with E-state index in [1.807, 2.05) is 20.8 Å². The highest BCUT2D eigenvalue weighted by atomic mass is 16.6. The van der Waals surface area contributed by atoms with Gasteiger partial charge >= 0.3 is 6.09 Å². The summed E-state index contributed by atoms with van der Waals surface area (Å²) in [4.78, 5) is 11.5. The van der Waals surface area contributed by atoms with Crippen LogP contribution in [0.2, 0.25) is 0 Å². The number of carbonyl (C=O) groups is 1. The number of hydrogen-bond donors (Lipinski definition) is 2. The summed E-state index contributed by atoms with van der Waals surface area (Å²) in [6.45, 7) is 7.36. The third kappa shape index (κ3) is 5.69. The van der Waals surface area contributed by atoms with Gasteiger partial charge in [0.15, 0.2) is 0 Å². The number of ether oxygens (including phenoxy) is 2. The smallest absolute Gasteiger partial charge is 0.407 e. The van der Waals surface area contributed by atoms with Gasteiger partial charge in [-0.05, 0) is 46.6 Å². The molecule has 1 amide bonds. The van der Waals surface area contributed by atoms with Crippen LogP contribution in [-0.4, -0.2) is 37.5 Å². The molecule has 1 saturated heterocycles. The summed E-state index contributed by atoms with van der Waals surface area (Å²) in [5.41, 5.74) is 5.28. The summed E-state index contributed by atoms with van der Waals surface area (Å²) in [6.07, 6.45) is 3.09. The van der Waals surface area contributed by atoms with Crippen molar-refractivity contribution in [3.8, 4) is 0 Å². The lowest BCUT2D eigenvalue weighted by molar-refractivity contribution is -0.0190. The molecule has 0 bridgehead atoms. The number of nitrogens with one attached hydrogen (secondary N) is 1. The Kier molecular flexibility index (Phi) is 5.88. The highest BCUT2D eigenvalue weighted by Gasteiger charge is 2.24. The van der Waals surface area contributed by atoms with E-state index in [2.05, 4.69) is 5.32 Å². The van der Waals surface area contributed by atoms with Crippen LogP contribution in [0.3, 0.4) is 0 Å². The van der Waals surface area contributed by atoms with Crippen LogP contribution in [-0.2, 0) is 9.47 Å². The van der Waals surface area contributed by atoms with E-state index in [0.29, 0.717) is 13.1 Å². The van der Waals surface area contributed by atoms with E-state index >= 15 is 0 Å². The SMILES string of the molecule is CC(C)(C)OC(=O)NCC(CN)C1CCCCO1. The molecule has 0 aliphatic carbocycles. The van der Waals surface area contributed by atoms with Gasteiger partial charge in [-0.15, -0.1) is 0 Å². The molecule has 0 radical (unpaired) electrons. The summed E-state index contributed by atoms with van der Waals surface area (Å²) < 4.78 is 10.9. The van der Waals surface area contributed by atoms with Crippen LogP contribution >= 0.6 is 0 Å². The molecule has 5 nitrogen and oxygen atoms in total. The van der Waals surface area contributed by atoms with E-state index < -0.39 is 11.7 Å². The van der Waals surface area contributed by atoms with Crippen molar-refractivity contribution in [3.63, 3.8) is 0 Å². The fraction of sp³-hybridized carbons (Fsp3) is 0.923. The largest absolute Gasteiger partial charge is 0.444 e. The normalized spacial score (nSPS) is 22.3. The first-order chi connectivity index (χ1) is 8.42. The van der Waals surface area contributed by atoms with Gasteiger partial charge in [0.25, 0.3) is 0 Å². The van der Waals surface area contributed by atoms with Crippen molar-refractivity contribution in [2.24, 2.45) is 11.7 Å². The molecule has 106 valence electrons. The second-order valence-electron chi connectivity index (χ2n) is 5.78. The van der Waals surface area contributed by atoms with Crippen molar-refractivity contribution in [3.05, 3.63) is 0 Å². The first-order valence-electron chi connectivity index (χ1n) is 6.71. The average molecular weight is 258 g/mol.